The number of hydrogen-bond donors (Lipinski definition) is 1. The lowest BCUT2D eigenvalue weighted by atomic mass is 9.70. The zero-order valence-corrected chi connectivity index (χ0v) is 7.73. The molecule has 2 nitrogen and oxygen atoms in total. The largest absolute Gasteiger partial charge is 0.356 e. The molecule has 0 aromatic rings. The second-order valence-electron chi connectivity index (χ2n) is 4.47. The van der Waals surface area contributed by atoms with Crippen LogP contribution in [0.15, 0.2) is 0 Å². The Morgan fingerprint density at radius 2 is 2.00 bits per heavy atom. The van der Waals surface area contributed by atoms with Crippen molar-refractivity contribution in [3.8, 4) is 0 Å². The van der Waals surface area contributed by atoms with Crippen molar-refractivity contribution in [2.45, 2.75) is 39.0 Å². The molecule has 0 bridgehead atoms. The van der Waals surface area contributed by atoms with Crippen LogP contribution in [0.4, 0.5) is 0 Å². The fourth-order valence-corrected chi connectivity index (χ4v) is 2.51. The second-order valence-corrected chi connectivity index (χ2v) is 4.47. The van der Waals surface area contributed by atoms with E-state index in [-0.39, 0.29) is 5.41 Å². The molecule has 1 heterocycles. The molecule has 1 saturated heterocycles. The van der Waals surface area contributed by atoms with Crippen LogP contribution in [0.3, 0.4) is 0 Å². The smallest absolute Gasteiger partial charge is 0.226 e. The normalized spacial score (nSPS) is 41.8. The Hall–Kier alpha value is -0.530. The lowest BCUT2D eigenvalue weighted by Gasteiger charge is -2.33. The van der Waals surface area contributed by atoms with Gasteiger partial charge in [-0.05, 0) is 38.0 Å². The predicted molar refractivity (Wildman–Crippen MR) is 47.7 cm³/mol. The first-order chi connectivity index (χ1) is 5.73. The minimum Gasteiger partial charge on any atom is -0.356 e. The van der Waals surface area contributed by atoms with E-state index in [0.29, 0.717) is 5.91 Å². The maximum atomic E-state index is 11.5. The standard InChI is InChI=1S/C10H17NO/c1-8-2-4-10(5-3-8)6-7-11-9(10)12/h8H,2-7H2,1H3,(H,11,12). The average molecular weight is 167 g/mol. The van der Waals surface area contributed by atoms with Crippen LogP contribution in [0.25, 0.3) is 0 Å². The van der Waals surface area contributed by atoms with Gasteiger partial charge in [0.15, 0.2) is 0 Å². The molecule has 0 unspecified atom stereocenters. The van der Waals surface area contributed by atoms with E-state index in [4.69, 9.17) is 0 Å². The molecule has 68 valence electrons. The third-order valence-electron chi connectivity index (χ3n) is 3.60. The van der Waals surface area contributed by atoms with Gasteiger partial charge in [-0.3, -0.25) is 4.79 Å². The van der Waals surface area contributed by atoms with E-state index >= 15 is 0 Å². The van der Waals surface area contributed by atoms with E-state index in [2.05, 4.69) is 12.2 Å². The summed E-state index contributed by atoms with van der Waals surface area (Å²) in [6, 6.07) is 0. The van der Waals surface area contributed by atoms with Crippen molar-refractivity contribution in [3.63, 3.8) is 0 Å². The van der Waals surface area contributed by atoms with E-state index in [1.54, 1.807) is 0 Å². The highest BCUT2D eigenvalue weighted by Gasteiger charge is 2.43. The van der Waals surface area contributed by atoms with E-state index in [9.17, 15) is 4.79 Å². The summed E-state index contributed by atoms with van der Waals surface area (Å²) in [5, 5.41) is 2.96. The Kier molecular flexibility index (Phi) is 1.85. The molecule has 1 aliphatic heterocycles. The summed E-state index contributed by atoms with van der Waals surface area (Å²) in [5.74, 6) is 1.17. The van der Waals surface area contributed by atoms with Crippen molar-refractivity contribution in [2.24, 2.45) is 11.3 Å². The van der Waals surface area contributed by atoms with Crippen LogP contribution in [0.1, 0.15) is 39.0 Å². The topological polar surface area (TPSA) is 29.1 Å². The number of carbonyl (C=O) groups is 1. The number of rotatable bonds is 0. The molecule has 0 atom stereocenters. The molecule has 1 N–H and O–H groups in total. The minimum absolute atomic E-state index is 0.0620. The maximum Gasteiger partial charge on any atom is 0.226 e. The molecule has 0 aromatic carbocycles. The average Bonchev–Trinajstić information content (AvgIpc) is 2.41. The van der Waals surface area contributed by atoms with E-state index in [1.807, 2.05) is 0 Å². The Bertz CT molecular complexity index is 192. The summed E-state index contributed by atoms with van der Waals surface area (Å²) >= 11 is 0. The molecule has 2 fully saturated rings. The molecule has 2 rings (SSSR count). The third kappa shape index (κ3) is 1.13. The highest BCUT2D eigenvalue weighted by atomic mass is 16.2. The zero-order valence-electron chi connectivity index (χ0n) is 7.73. The quantitative estimate of drug-likeness (QED) is 0.584. The van der Waals surface area contributed by atoms with Crippen molar-refractivity contribution in [3.05, 3.63) is 0 Å². The molecule has 0 aromatic heterocycles. The summed E-state index contributed by atoms with van der Waals surface area (Å²) < 4.78 is 0. The van der Waals surface area contributed by atoms with Gasteiger partial charge in [-0.2, -0.15) is 0 Å². The Labute approximate surface area is 73.7 Å². The van der Waals surface area contributed by atoms with E-state index in [0.717, 1.165) is 31.7 Å². The lowest BCUT2D eigenvalue weighted by molar-refractivity contribution is -0.129. The van der Waals surface area contributed by atoms with Crippen molar-refractivity contribution in [1.29, 1.82) is 0 Å². The summed E-state index contributed by atoms with van der Waals surface area (Å²) in [4.78, 5) is 11.5. The van der Waals surface area contributed by atoms with Gasteiger partial charge in [0, 0.05) is 6.54 Å². The molecule has 2 aliphatic rings. The van der Waals surface area contributed by atoms with Crippen molar-refractivity contribution >= 4 is 5.91 Å². The second kappa shape index (κ2) is 2.75. The number of amides is 1. The maximum absolute atomic E-state index is 11.5. The fourth-order valence-electron chi connectivity index (χ4n) is 2.51. The Balaban J connectivity index is 2.07. The lowest BCUT2D eigenvalue weighted by Crippen LogP contribution is -2.34. The van der Waals surface area contributed by atoms with Gasteiger partial charge in [0.1, 0.15) is 0 Å². The summed E-state index contributed by atoms with van der Waals surface area (Å²) in [6.45, 7) is 3.20. The zero-order chi connectivity index (χ0) is 8.60. The first kappa shape index (κ1) is 8.09. The fraction of sp³-hybridized carbons (Fsp3) is 0.900. The highest BCUT2D eigenvalue weighted by molar-refractivity contribution is 5.84. The third-order valence-corrected chi connectivity index (χ3v) is 3.60. The van der Waals surface area contributed by atoms with Gasteiger partial charge in [0.2, 0.25) is 5.91 Å². The number of carbonyl (C=O) groups excluding carboxylic acids is 1. The van der Waals surface area contributed by atoms with E-state index in [1.165, 1.54) is 12.8 Å². The Morgan fingerprint density at radius 3 is 2.50 bits per heavy atom. The van der Waals surface area contributed by atoms with Crippen molar-refractivity contribution in [1.82, 2.24) is 5.32 Å². The number of hydrogen-bond acceptors (Lipinski definition) is 1. The summed E-state index contributed by atoms with van der Waals surface area (Å²) in [5.41, 5.74) is 0.0620. The summed E-state index contributed by atoms with van der Waals surface area (Å²) in [7, 11) is 0. The van der Waals surface area contributed by atoms with Crippen LogP contribution < -0.4 is 5.32 Å². The summed E-state index contributed by atoms with van der Waals surface area (Å²) in [6.07, 6.45) is 5.82. The minimum atomic E-state index is 0.0620. The molecular formula is C10H17NO. The Morgan fingerprint density at radius 1 is 1.33 bits per heavy atom. The molecular weight excluding hydrogens is 150 g/mol. The van der Waals surface area contributed by atoms with Gasteiger partial charge in [-0.25, -0.2) is 0 Å². The van der Waals surface area contributed by atoms with Crippen LogP contribution >= 0.6 is 0 Å². The van der Waals surface area contributed by atoms with Gasteiger partial charge in [-0.1, -0.05) is 6.92 Å². The van der Waals surface area contributed by atoms with Crippen LogP contribution in [0, 0.1) is 11.3 Å². The molecule has 1 spiro atoms. The molecule has 1 saturated carbocycles. The van der Waals surface area contributed by atoms with Gasteiger partial charge in [-0.15, -0.1) is 0 Å². The van der Waals surface area contributed by atoms with Gasteiger partial charge in [0.05, 0.1) is 5.41 Å². The molecule has 1 aliphatic carbocycles. The molecule has 12 heavy (non-hydrogen) atoms. The molecule has 1 amide bonds. The molecule has 2 heteroatoms. The van der Waals surface area contributed by atoms with Gasteiger partial charge in [0.25, 0.3) is 0 Å². The van der Waals surface area contributed by atoms with Crippen molar-refractivity contribution in [2.75, 3.05) is 6.54 Å². The first-order valence-corrected chi connectivity index (χ1v) is 5.01. The SMILES string of the molecule is CC1CCC2(CCNC2=O)CC1. The van der Waals surface area contributed by atoms with E-state index < -0.39 is 0 Å². The highest BCUT2D eigenvalue weighted by Crippen LogP contribution is 2.43. The van der Waals surface area contributed by atoms with Gasteiger partial charge < -0.3 is 5.32 Å². The molecule has 0 radical (unpaired) electrons. The van der Waals surface area contributed by atoms with Crippen molar-refractivity contribution < 1.29 is 4.79 Å². The predicted octanol–water partition coefficient (Wildman–Crippen LogP) is 1.70. The monoisotopic (exact) mass is 167 g/mol. The van der Waals surface area contributed by atoms with Crippen LogP contribution in [-0.2, 0) is 4.79 Å². The van der Waals surface area contributed by atoms with Crippen LogP contribution in [0.5, 0.6) is 0 Å². The van der Waals surface area contributed by atoms with Crippen LogP contribution in [0.2, 0.25) is 0 Å². The first-order valence-electron chi connectivity index (χ1n) is 5.01. The van der Waals surface area contributed by atoms with Gasteiger partial charge >= 0.3 is 0 Å². The van der Waals surface area contributed by atoms with Crippen LogP contribution in [-0.4, -0.2) is 12.5 Å². The number of nitrogens with one attached hydrogen (secondary N) is 1.